The van der Waals surface area contributed by atoms with Crippen molar-refractivity contribution in [2.24, 2.45) is 16.7 Å². The first kappa shape index (κ1) is 11.7. The van der Waals surface area contributed by atoms with E-state index in [1.54, 1.807) is 0 Å². The highest BCUT2D eigenvalue weighted by Crippen LogP contribution is 2.67. The molecule has 3 aliphatic carbocycles. The normalized spacial score (nSPS) is 44.8. The van der Waals surface area contributed by atoms with E-state index in [1.807, 2.05) is 0 Å². The number of esters is 2. The first-order valence-corrected chi connectivity index (χ1v) is 7.66. The average Bonchev–Trinajstić information content (AvgIpc) is 2.69. The zero-order valence-electron chi connectivity index (χ0n) is 11.2. The largest absolute Gasteiger partial charge is 0.392 e. The second-order valence-corrected chi connectivity index (χ2v) is 6.72. The third-order valence-corrected chi connectivity index (χ3v) is 6.18. The monoisotopic (exact) mass is 260 g/mol. The fourth-order valence-corrected chi connectivity index (χ4v) is 5.31. The van der Waals surface area contributed by atoms with Crippen LogP contribution in [0.2, 0.25) is 0 Å². The molecule has 0 amide bonds. The lowest BCUT2D eigenvalue weighted by Crippen LogP contribution is -2.54. The van der Waals surface area contributed by atoms with E-state index in [0.29, 0.717) is 0 Å². The SMILES string of the molecule is O=C1OC(=O)[C@]23CCCC[C@]12CC=C1CCCC[C@H]13. The molecule has 3 fully saturated rings. The maximum atomic E-state index is 12.6. The van der Waals surface area contributed by atoms with Crippen molar-refractivity contribution >= 4 is 11.9 Å². The third-order valence-electron chi connectivity index (χ3n) is 6.18. The minimum atomic E-state index is -0.506. The van der Waals surface area contributed by atoms with Gasteiger partial charge in [0.1, 0.15) is 0 Å². The highest BCUT2D eigenvalue weighted by Gasteiger charge is 2.72. The third kappa shape index (κ3) is 1.20. The van der Waals surface area contributed by atoms with Gasteiger partial charge in [-0.05, 0) is 44.4 Å². The summed E-state index contributed by atoms with van der Waals surface area (Å²) < 4.78 is 5.17. The highest BCUT2D eigenvalue weighted by molar-refractivity contribution is 6.03. The van der Waals surface area contributed by atoms with Crippen LogP contribution in [-0.4, -0.2) is 11.9 Å². The van der Waals surface area contributed by atoms with Gasteiger partial charge in [-0.3, -0.25) is 9.59 Å². The Morgan fingerprint density at radius 3 is 2.79 bits per heavy atom. The fraction of sp³-hybridized carbons (Fsp3) is 0.750. The lowest BCUT2D eigenvalue weighted by Gasteiger charge is -2.52. The zero-order chi connectivity index (χ0) is 13.1. The van der Waals surface area contributed by atoms with Crippen LogP contribution in [0, 0.1) is 16.7 Å². The molecule has 4 rings (SSSR count). The standard InChI is InChI=1S/C16H20O3/c17-13-15-8-3-4-9-16(15,14(18)19-13)12-6-2-1-5-11(12)7-10-15/h7,12H,1-6,8-10H2/t12-,15+,16-/m1/s1. The quantitative estimate of drug-likeness (QED) is 0.382. The molecule has 19 heavy (non-hydrogen) atoms. The number of fused-ring (bicyclic) bond motifs is 1. The predicted octanol–water partition coefficient (Wildman–Crippen LogP) is 3.14. The van der Waals surface area contributed by atoms with Gasteiger partial charge < -0.3 is 4.74 Å². The van der Waals surface area contributed by atoms with E-state index in [4.69, 9.17) is 4.74 Å². The smallest absolute Gasteiger partial charge is 0.321 e. The molecule has 0 spiro atoms. The van der Waals surface area contributed by atoms with E-state index in [-0.39, 0.29) is 17.9 Å². The number of allylic oxidation sites excluding steroid dienone is 2. The van der Waals surface area contributed by atoms with Gasteiger partial charge >= 0.3 is 11.9 Å². The molecular formula is C16H20O3. The van der Waals surface area contributed by atoms with Crippen LogP contribution in [0.15, 0.2) is 11.6 Å². The lowest BCUT2D eigenvalue weighted by atomic mass is 9.46. The fourth-order valence-electron chi connectivity index (χ4n) is 5.31. The topological polar surface area (TPSA) is 43.4 Å². The summed E-state index contributed by atoms with van der Waals surface area (Å²) >= 11 is 0. The number of carbonyl (C=O) groups is 2. The summed E-state index contributed by atoms with van der Waals surface area (Å²) in [6, 6.07) is 0. The van der Waals surface area contributed by atoms with Gasteiger partial charge in [-0.25, -0.2) is 0 Å². The van der Waals surface area contributed by atoms with Gasteiger partial charge in [-0.1, -0.05) is 30.9 Å². The Morgan fingerprint density at radius 1 is 1.05 bits per heavy atom. The van der Waals surface area contributed by atoms with Crippen molar-refractivity contribution in [3.8, 4) is 0 Å². The number of cyclic esters (lactones) is 2. The van der Waals surface area contributed by atoms with Gasteiger partial charge in [0.15, 0.2) is 0 Å². The first-order chi connectivity index (χ1) is 9.21. The van der Waals surface area contributed by atoms with Gasteiger partial charge in [-0.2, -0.15) is 0 Å². The number of hydrogen-bond donors (Lipinski definition) is 0. The summed E-state index contributed by atoms with van der Waals surface area (Å²) in [5.74, 6) is -0.137. The minimum Gasteiger partial charge on any atom is -0.392 e. The van der Waals surface area contributed by atoms with Gasteiger partial charge in [0.05, 0.1) is 10.8 Å². The summed E-state index contributed by atoms with van der Waals surface area (Å²) in [7, 11) is 0. The van der Waals surface area contributed by atoms with Gasteiger partial charge in [-0.15, -0.1) is 0 Å². The molecule has 3 heteroatoms. The molecule has 1 saturated heterocycles. The van der Waals surface area contributed by atoms with E-state index in [2.05, 4.69) is 6.08 Å². The summed E-state index contributed by atoms with van der Waals surface area (Å²) in [6.45, 7) is 0. The molecule has 4 aliphatic rings. The van der Waals surface area contributed by atoms with E-state index in [1.165, 1.54) is 18.4 Å². The van der Waals surface area contributed by atoms with Gasteiger partial charge in [0.2, 0.25) is 0 Å². The van der Waals surface area contributed by atoms with Crippen molar-refractivity contribution in [3.05, 3.63) is 11.6 Å². The van der Waals surface area contributed by atoms with Crippen molar-refractivity contribution in [2.75, 3.05) is 0 Å². The van der Waals surface area contributed by atoms with Crippen molar-refractivity contribution in [1.82, 2.24) is 0 Å². The number of carbonyl (C=O) groups excluding carboxylic acids is 2. The molecule has 0 aromatic rings. The summed E-state index contributed by atoms with van der Waals surface area (Å²) in [5, 5.41) is 0. The van der Waals surface area contributed by atoms with Gasteiger partial charge in [0.25, 0.3) is 0 Å². The van der Waals surface area contributed by atoms with Crippen LogP contribution in [0.4, 0.5) is 0 Å². The molecule has 0 N–H and O–H groups in total. The number of ether oxygens (including phenoxy) is 1. The lowest BCUT2D eigenvalue weighted by molar-refractivity contribution is -0.156. The average molecular weight is 260 g/mol. The van der Waals surface area contributed by atoms with Crippen molar-refractivity contribution in [1.29, 1.82) is 0 Å². The zero-order valence-corrected chi connectivity index (χ0v) is 11.2. The molecule has 0 aromatic carbocycles. The van der Waals surface area contributed by atoms with Crippen molar-refractivity contribution in [3.63, 3.8) is 0 Å². The minimum absolute atomic E-state index is 0.199. The van der Waals surface area contributed by atoms with E-state index < -0.39 is 10.8 Å². The van der Waals surface area contributed by atoms with Crippen LogP contribution in [0.3, 0.4) is 0 Å². The molecule has 0 aromatic heterocycles. The molecule has 2 saturated carbocycles. The molecule has 1 aliphatic heterocycles. The Bertz CT molecular complexity index is 492. The van der Waals surface area contributed by atoms with Gasteiger partial charge in [0, 0.05) is 0 Å². The molecule has 0 unspecified atom stereocenters. The van der Waals surface area contributed by atoms with Crippen LogP contribution < -0.4 is 0 Å². The summed E-state index contributed by atoms with van der Waals surface area (Å²) in [4.78, 5) is 24.9. The van der Waals surface area contributed by atoms with Crippen LogP contribution in [0.25, 0.3) is 0 Å². The Labute approximate surface area is 113 Å². The molecular weight excluding hydrogens is 240 g/mol. The summed E-state index contributed by atoms with van der Waals surface area (Å²) in [6.07, 6.45) is 11.4. The Hall–Kier alpha value is -1.12. The second-order valence-electron chi connectivity index (χ2n) is 6.72. The second kappa shape index (κ2) is 3.71. The Morgan fingerprint density at radius 2 is 1.89 bits per heavy atom. The molecule has 0 bridgehead atoms. The van der Waals surface area contributed by atoms with E-state index >= 15 is 0 Å². The molecule has 0 radical (unpaired) electrons. The maximum absolute atomic E-state index is 12.6. The molecule has 1 heterocycles. The van der Waals surface area contributed by atoms with Crippen LogP contribution in [-0.2, 0) is 14.3 Å². The molecule has 3 atom stereocenters. The Kier molecular flexibility index (Phi) is 2.28. The Balaban J connectivity index is 1.91. The number of hydrogen-bond acceptors (Lipinski definition) is 3. The molecule has 102 valence electrons. The van der Waals surface area contributed by atoms with Crippen LogP contribution in [0.1, 0.15) is 57.8 Å². The van der Waals surface area contributed by atoms with Crippen LogP contribution >= 0.6 is 0 Å². The van der Waals surface area contributed by atoms with Crippen molar-refractivity contribution in [2.45, 2.75) is 57.8 Å². The highest BCUT2D eigenvalue weighted by atomic mass is 16.6. The predicted molar refractivity (Wildman–Crippen MR) is 69.1 cm³/mol. The molecule has 3 nitrogen and oxygen atoms in total. The van der Waals surface area contributed by atoms with E-state index in [9.17, 15) is 9.59 Å². The van der Waals surface area contributed by atoms with E-state index in [0.717, 1.165) is 44.9 Å². The van der Waals surface area contributed by atoms with Crippen molar-refractivity contribution < 1.29 is 14.3 Å². The summed E-state index contributed by atoms with van der Waals surface area (Å²) in [5.41, 5.74) is 0.441. The van der Waals surface area contributed by atoms with Crippen LogP contribution in [0.5, 0.6) is 0 Å². The number of rotatable bonds is 0. The maximum Gasteiger partial charge on any atom is 0.321 e. The first-order valence-electron chi connectivity index (χ1n) is 7.66.